The van der Waals surface area contributed by atoms with Gasteiger partial charge in [0, 0.05) is 13.0 Å². The van der Waals surface area contributed by atoms with Crippen LogP contribution in [0.5, 0.6) is 0 Å². The van der Waals surface area contributed by atoms with E-state index in [0.717, 1.165) is 19.4 Å². The minimum atomic E-state index is -0.696. The van der Waals surface area contributed by atoms with E-state index in [2.05, 4.69) is 10.1 Å². The zero-order chi connectivity index (χ0) is 10.7. The van der Waals surface area contributed by atoms with Crippen LogP contribution in [0.15, 0.2) is 4.52 Å². The van der Waals surface area contributed by atoms with Gasteiger partial charge in [-0.15, -0.1) is 0 Å². The van der Waals surface area contributed by atoms with Crippen LogP contribution in [-0.4, -0.2) is 28.0 Å². The molecule has 0 amide bonds. The average Bonchev–Trinajstić information content (AvgIpc) is 2.68. The van der Waals surface area contributed by atoms with Crippen molar-refractivity contribution in [3.05, 3.63) is 11.7 Å². The predicted octanol–water partition coefficient (Wildman–Crippen LogP) is 1.23. The molecule has 2 heterocycles. The van der Waals surface area contributed by atoms with Gasteiger partial charge in [-0.1, -0.05) is 5.16 Å². The lowest BCUT2D eigenvalue weighted by atomic mass is 10.1. The normalized spacial score (nSPS) is 24.0. The van der Waals surface area contributed by atoms with Gasteiger partial charge in [0.15, 0.2) is 5.82 Å². The summed E-state index contributed by atoms with van der Waals surface area (Å²) in [4.78, 5) is 4.10. The molecule has 1 saturated heterocycles. The summed E-state index contributed by atoms with van der Waals surface area (Å²) in [6, 6.07) is 0. The molecule has 1 N–H and O–H groups in total. The Hall–Kier alpha value is -0.940. The number of hydrogen-bond donors (Lipinski definition) is 1. The molecule has 1 aliphatic rings. The molecule has 0 aliphatic carbocycles. The zero-order valence-electron chi connectivity index (χ0n) is 8.85. The van der Waals surface area contributed by atoms with Crippen LogP contribution >= 0.6 is 0 Å². The van der Waals surface area contributed by atoms with E-state index in [1.807, 2.05) is 0 Å². The van der Waals surface area contributed by atoms with Crippen LogP contribution in [0.25, 0.3) is 0 Å². The summed E-state index contributed by atoms with van der Waals surface area (Å²) in [5, 5.41) is 13.0. The second kappa shape index (κ2) is 4.72. The third kappa shape index (κ3) is 2.76. The largest absolute Gasteiger partial charge is 0.384 e. The first kappa shape index (κ1) is 10.6. The Balaban J connectivity index is 1.91. The number of rotatable bonds is 3. The maximum Gasteiger partial charge on any atom is 0.255 e. The minimum absolute atomic E-state index is 0.207. The Kier molecular flexibility index (Phi) is 3.33. The number of aliphatic hydroxyl groups excluding tert-OH is 1. The van der Waals surface area contributed by atoms with Gasteiger partial charge in [-0.3, -0.25) is 0 Å². The fraction of sp³-hybridized carbons (Fsp3) is 0.800. The van der Waals surface area contributed by atoms with Gasteiger partial charge in [0.1, 0.15) is 6.10 Å². The average molecular weight is 212 g/mol. The van der Waals surface area contributed by atoms with E-state index < -0.39 is 6.10 Å². The lowest BCUT2D eigenvalue weighted by Gasteiger charge is -2.20. The monoisotopic (exact) mass is 212 g/mol. The van der Waals surface area contributed by atoms with Crippen molar-refractivity contribution in [2.24, 2.45) is 0 Å². The zero-order valence-corrected chi connectivity index (χ0v) is 8.85. The summed E-state index contributed by atoms with van der Waals surface area (Å²) in [6.07, 6.45) is 3.58. The smallest absolute Gasteiger partial charge is 0.255 e. The van der Waals surface area contributed by atoms with Crippen molar-refractivity contribution in [2.75, 3.05) is 6.61 Å². The van der Waals surface area contributed by atoms with Gasteiger partial charge < -0.3 is 14.4 Å². The maximum atomic E-state index is 9.22. The minimum Gasteiger partial charge on any atom is -0.384 e. The molecule has 1 aliphatic heterocycles. The van der Waals surface area contributed by atoms with Crippen molar-refractivity contribution in [3.63, 3.8) is 0 Å². The molecule has 84 valence electrons. The molecule has 1 aromatic heterocycles. The van der Waals surface area contributed by atoms with Crippen molar-refractivity contribution >= 4 is 0 Å². The van der Waals surface area contributed by atoms with Crippen molar-refractivity contribution in [3.8, 4) is 0 Å². The molecule has 0 radical (unpaired) electrons. The quantitative estimate of drug-likeness (QED) is 0.816. The molecule has 2 rings (SSSR count). The Bertz CT molecular complexity index is 305. The molecule has 5 nitrogen and oxygen atoms in total. The SMILES string of the molecule is CC(O)c1nc(CC2CCCCO2)no1. The third-order valence-corrected chi connectivity index (χ3v) is 2.53. The Morgan fingerprint density at radius 3 is 3.00 bits per heavy atom. The van der Waals surface area contributed by atoms with Crippen molar-refractivity contribution in [1.29, 1.82) is 0 Å². The summed E-state index contributed by atoms with van der Waals surface area (Å²) in [7, 11) is 0. The molecule has 1 aromatic rings. The van der Waals surface area contributed by atoms with E-state index in [4.69, 9.17) is 9.26 Å². The van der Waals surface area contributed by atoms with E-state index in [-0.39, 0.29) is 12.0 Å². The lowest BCUT2D eigenvalue weighted by molar-refractivity contribution is 0.0153. The van der Waals surface area contributed by atoms with E-state index in [1.54, 1.807) is 6.92 Å². The van der Waals surface area contributed by atoms with Crippen molar-refractivity contribution in [1.82, 2.24) is 10.1 Å². The fourth-order valence-electron chi connectivity index (χ4n) is 1.69. The molecule has 2 unspecified atom stereocenters. The van der Waals surface area contributed by atoms with Crippen LogP contribution in [0.3, 0.4) is 0 Å². The fourth-order valence-corrected chi connectivity index (χ4v) is 1.69. The highest BCUT2D eigenvalue weighted by molar-refractivity contribution is 4.91. The summed E-state index contributed by atoms with van der Waals surface area (Å²) < 4.78 is 10.5. The molecule has 0 saturated carbocycles. The van der Waals surface area contributed by atoms with Crippen molar-refractivity contribution < 1.29 is 14.4 Å². The van der Waals surface area contributed by atoms with Crippen LogP contribution in [0.4, 0.5) is 0 Å². The predicted molar refractivity (Wildman–Crippen MR) is 52.2 cm³/mol. The molecule has 5 heteroatoms. The number of hydrogen-bond acceptors (Lipinski definition) is 5. The molecule has 0 aromatic carbocycles. The summed E-state index contributed by atoms with van der Waals surface area (Å²) in [6.45, 7) is 2.43. The van der Waals surface area contributed by atoms with Crippen LogP contribution in [0.2, 0.25) is 0 Å². The number of aliphatic hydroxyl groups is 1. The Morgan fingerprint density at radius 1 is 1.53 bits per heavy atom. The van der Waals surface area contributed by atoms with Gasteiger partial charge >= 0.3 is 0 Å². The highest BCUT2D eigenvalue weighted by Gasteiger charge is 2.18. The Labute approximate surface area is 88.4 Å². The standard InChI is InChI=1S/C10H16N2O3/c1-7(13)10-11-9(12-15-10)6-8-4-2-3-5-14-8/h7-8,13H,2-6H2,1H3. The number of ether oxygens (including phenoxy) is 1. The van der Waals surface area contributed by atoms with Gasteiger partial charge in [0.05, 0.1) is 6.10 Å². The first-order valence-corrected chi connectivity index (χ1v) is 5.38. The van der Waals surface area contributed by atoms with Gasteiger partial charge in [-0.25, -0.2) is 0 Å². The van der Waals surface area contributed by atoms with E-state index >= 15 is 0 Å². The lowest BCUT2D eigenvalue weighted by Crippen LogP contribution is -2.21. The third-order valence-electron chi connectivity index (χ3n) is 2.53. The second-order valence-corrected chi connectivity index (χ2v) is 3.92. The van der Waals surface area contributed by atoms with Gasteiger partial charge in [-0.05, 0) is 26.2 Å². The molecule has 0 spiro atoms. The first-order valence-electron chi connectivity index (χ1n) is 5.38. The van der Waals surface area contributed by atoms with Gasteiger partial charge in [0.25, 0.3) is 5.89 Å². The highest BCUT2D eigenvalue weighted by Crippen LogP contribution is 2.17. The van der Waals surface area contributed by atoms with Crippen LogP contribution < -0.4 is 0 Å². The van der Waals surface area contributed by atoms with Crippen LogP contribution in [-0.2, 0) is 11.2 Å². The molecular formula is C10H16N2O3. The molecule has 1 fully saturated rings. The van der Waals surface area contributed by atoms with Gasteiger partial charge in [-0.2, -0.15) is 4.98 Å². The number of aromatic nitrogens is 2. The van der Waals surface area contributed by atoms with E-state index in [1.165, 1.54) is 6.42 Å². The maximum absolute atomic E-state index is 9.22. The topological polar surface area (TPSA) is 68.4 Å². The van der Waals surface area contributed by atoms with Crippen LogP contribution in [0, 0.1) is 0 Å². The van der Waals surface area contributed by atoms with Gasteiger partial charge in [0.2, 0.25) is 0 Å². The number of nitrogens with zero attached hydrogens (tertiary/aromatic N) is 2. The summed E-state index contributed by atoms with van der Waals surface area (Å²) in [5.41, 5.74) is 0. The summed E-state index contributed by atoms with van der Waals surface area (Å²) >= 11 is 0. The molecule has 15 heavy (non-hydrogen) atoms. The molecule has 2 atom stereocenters. The van der Waals surface area contributed by atoms with E-state index in [9.17, 15) is 5.11 Å². The van der Waals surface area contributed by atoms with Crippen LogP contribution in [0.1, 0.15) is 44.0 Å². The molecule has 0 bridgehead atoms. The highest BCUT2D eigenvalue weighted by atomic mass is 16.5. The first-order chi connectivity index (χ1) is 7.25. The molecular weight excluding hydrogens is 196 g/mol. The Morgan fingerprint density at radius 2 is 2.40 bits per heavy atom. The summed E-state index contributed by atoms with van der Waals surface area (Å²) in [5.74, 6) is 0.901. The second-order valence-electron chi connectivity index (χ2n) is 3.92. The van der Waals surface area contributed by atoms with E-state index in [0.29, 0.717) is 12.2 Å². The van der Waals surface area contributed by atoms with Crippen molar-refractivity contribution in [2.45, 2.75) is 44.8 Å².